The summed E-state index contributed by atoms with van der Waals surface area (Å²) in [6.45, 7) is 0.588. The second-order valence-corrected chi connectivity index (χ2v) is 6.04. The average Bonchev–Trinajstić information content (AvgIpc) is 2.54. The first kappa shape index (κ1) is 17.1. The van der Waals surface area contributed by atoms with Crippen LogP contribution in [0, 0.1) is 0 Å². The highest BCUT2D eigenvalue weighted by atomic mass is 79.9. The summed E-state index contributed by atoms with van der Waals surface area (Å²) in [6, 6.07) is 12.3. The van der Waals surface area contributed by atoms with E-state index in [0.717, 1.165) is 16.6 Å². The van der Waals surface area contributed by atoms with Gasteiger partial charge < -0.3 is 4.74 Å². The smallest absolute Gasteiger partial charge is 0.185 e. The molecule has 0 N–H and O–H groups in total. The third-order valence-electron chi connectivity index (χ3n) is 2.86. The van der Waals surface area contributed by atoms with Crippen LogP contribution in [0.5, 0.6) is 5.75 Å². The molecule has 0 heterocycles. The van der Waals surface area contributed by atoms with Crippen LogP contribution < -0.4 is 4.74 Å². The number of hydrogen-bond donors (Lipinski definition) is 0. The van der Waals surface area contributed by atoms with Gasteiger partial charge in [-0.1, -0.05) is 51.3 Å². The van der Waals surface area contributed by atoms with Gasteiger partial charge in [-0.05, 0) is 48.0 Å². The number of carbonyl (C=O) groups excluding carboxylic acids is 1. The van der Waals surface area contributed by atoms with Crippen molar-refractivity contribution in [2.24, 2.45) is 0 Å². The van der Waals surface area contributed by atoms with Gasteiger partial charge in [-0.15, -0.1) is 0 Å². The van der Waals surface area contributed by atoms with Gasteiger partial charge in [0.05, 0.1) is 16.7 Å². The molecule has 22 heavy (non-hydrogen) atoms. The van der Waals surface area contributed by atoms with Crippen LogP contribution in [0.4, 0.5) is 0 Å². The van der Waals surface area contributed by atoms with E-state index in [1.807, 2.05) is 0 Å². The van der Waals surface area contributed by atoms with Crippen molar-refractivity contribution < 1.29 is 9.53 Å². The highest BCUT2D eigenvalue weighted by molar-refractivity contribution is 9.09. The lowest BCUT2D eigenvalue weighted by Gasteiger charge is -2.04. The van der Waals surface area contributed by atoms with Crippen molar-refractivity contribution in [3.8, 4) is 5.75 Å². The predicted molar refractivity (Wildman–Crippen MR) is 95.6 cm³/mol. The summed E-state index contributed by atoms with van der Waals surface area (Å²) in [5, 5.41) is 1.72. The van der Waals surface area contributed by atoms with Crippen molar-refractivity contribution in [2.45, 2.75) is 0 Å². The van der Waals surface area contributed by atoms with E-state index in [1.54, 1.807) is 48.5 Å². The lowest BCUT2D eigenvalue weighted by Crippen LogP contribution is -1.99. The zero-order valence-electron chi connectivity index (χ0n) is 11.6. The summed E-state index contributed by atoms with van der Waals surface area (Å²) in [5.74, 6) is 0.655. The van der Waals surface area contributed by atoms with Gasteiger partial charge in [0, 0.05) is 10.9 Å². The Balaban J connectivity index is 2.04. The first-order chi connectivity index (χ1) is 10.6. The molecular weight excluding hydrogens is 387 g/mol. The average molecular weight is 400 g/mol. The molecule has 0 aliphatic rings. The molecule has 2 rings (SSSR count). The molecule has 0 saturated carbocycles. The number of hydrogen-bond acceptors (Lipinski definition) is 2. The van der Waals surface area contributed by atoms with E-state index in [1.165, 1.54) is 6.08 Å². The molecular formula is C17H13BrCl2O2. The normalized spacial score (nSPS) is 10.9. The van der Waals surface area contributed by atoms with E-state index < -0.39 is 0 Å². The highest BCUT2D eigenvalue weighted by Crippen LogP contribution is 2.23. The Labute approximate surface area is 147 Å². The lowest BCUT2D eigenvalue weighted by molar-refractivity contribution is 0.104. The summed E-state index contributed by atoms with van der Waals surface area (Å²) >= 11 is 15.1. The first-order valence-corrected chi connectivity index (χ1v) is 8.44. The third kappa shape index (κ3) is 4.87. The van der Waals surface area contributed by atoms with E-state index in [9.17, 15) is 4.79 Å². The van der Waals surface area contributed by atoms with Crippen LogP contribution in [0.1, 0.15) is 15.9 Å². The number of halogens is 3. The van der Waals surface area contributed by atoms with Crippen LogP contribution in [0.25, 0.3) is 6.08 Å². The van der Waals surface area contributed by atoms with Gasteiger partial charge in [0.25, 0.3) is 0 Å². The molecule has 0 unspecified atom stereocenters. The predicted octanol–water partition coefficient (Wildman–Crippen LogP) is 5.66. The van der Waals surface area contributed by atoms with Gasteiger partial charge in [0.2, 0.25) is 0 Å². The maximum absolute atomic E-state index is 12.1. The monoisotopic (exact) mass is 398 g/mol. The molecule has 0 aromatic heterocycles. The zero-order chi connectivity index (χ0) is 15.9. The Morgan fingerprint density at radius 2 is 1.82 bits per heavy atom. The Bertz CT molecular complexity index is 682. The van der Waals surface area contributed by atoms with Crippen molar-refractivity contribution in [3.05, 3.63) is 69.7 Å². The van der Waals surface area contributed by atoms with Crippen LogP contribution in [0.2, 0.25) is 10.0 Å². The molecule has 2 aromatic carbocycles. The molecule has 0 fully saturated rings. The van der Waals surface area contributed by atoms with Gasteiger partial charge in [-0.25, -0.2) is 0 Å². The van der Waals surface area contributed by atoms with Gasteiger partial charge in [-0.3, -0.25) is 4.79 Å². The molecule has 5 heteroatoms. The fourth-order valence-electron chi connectivity index (χ4n) is 1.76. The fourth-order valence-corrected chi connectivity index (χ4v) is 2.22. The van der Waals surface area contributed by atoms with Gasteiger partial charge in [0.1, 0.15) is 5.75 Å². The number of carbonyl (C=O) groups is 1. The van der Waals surface area contributed by atoms with Gasteiger partial charge in [-0.2, -0.15) is 0 Å². The second kappa shape index (κ2) is 8.37. The summed E-state index contributed by atoms with van der Waals surface area (Å²) < 4.78 is 5.44. The molecule has 0 radical (unpaired) electrons. The molecule has 0 aliphatic carbocycles. The van der Waals surface area contributed by atoms with E-state index in [2.05, 4.69) is 15.9 Å². The quantitative estimate of drug-likeness (QED) is 0.355. The zero-order valence-corrected chi connectivity index (χ0v) is 14.7. The van der Waals surface area contributed by atoms with Crippen LogP contribution in [0.3, 0.4) is 0 Å². The Hall–Kier alpha value is -1.29. The minimum Gasteiger partial charge on any atom is -0.493 e. The lowest BCUT2D eigenvalue weighted by atomic mass is 10.1. The van der Waals surface area contributed by atoms with Crippen molar-refractivity contribution in [1.29, 1.82) is 0 Å². The maximum atomic E-state index is 12.1. The van der Waals surface area contributed by atoms with Gasteiger partial charge >= 0.3 is 0 Å². The number of allylic oxidation sites excluding steroid dienone is 1. The summed E-state index contributed by atoms with van der Waals surface area (Å²) in [5.41, 5.74) is 1.42. The molecule has 2 nitrogen and oxygen atoms in total. The Morgan fingerprint density at radius 1 is 1.09 bits per heavy atom. The largest absolute Gasteiger partial charge is 0.493 e. The highest BCUT2D eigenvalue weighted by Gasteiger charge is 2.03. The van der Waals surface area contributed by atoms with Crippen LogP contribution in [-0.4, -0.2) is 17.7 Å². The number of benzene rings is 2. The number of rotatable bonds is 6. The van der Waals surface area contributed by atoms with E-state index in [-0.39, 0.29) is 5.78 Å². The van der Waals surface area contributed by atoms with Crippen molar-refractivity contribution >= 4 is 51.0 Å². The molecule has 0 saturated heterocycles. The number of ether oxygens (including phenoxy) is 1. The topological polar surface area (TPSA) is 26.3 Å². The van der Waals surface area contributed by atoms with E-state index >= 15 is 0 Å². The van der Waals surface area contributed by atoms with Crippen molar-refractivity contribution in [3.63, 3.8) is 0 Å². The summed E-state index contributed by atoms with van der Waals surface area (Å²) in [7, 11) is 0. The summed E-state index contributed by atoms with van der Waals surface area (Å²) in [6.07, 6.45) is 3.22. The summed E-state index contributed by atoms with van der Waals surface area (Å²) in [4.78, 5) is 12.1. The fraction of sp³-hybridized carbons (Fsp3) is 0.118. The Morgan fingerprint density at radius 3 is 2.45 bits per heavy atom. The van der Waals surface area contributed by atoms with Crippen molar-refractivity contribution in [2.75, 3.05) is 11.9 Å². The molecule has 114 valence electrons. The first-order valence-electron chi connectivity index (χ1n) is 6.56. The van der Waals surface area contributed by atoms with Crippen LogP contribution >= 0.6 is 39.1 Å². The SMILES string of the molecule is O=C(/C=C/c1ccc(Cl)c(Cl)c1)c1ccc(OCCBr)cc1. The number of alkyl halides is 1. The number of ketones is 1. The molecule has 0 atom stereocenters. The molecule has 0 bridgehead atoms. The standard InChI is InChI=1S/C17H13BrCl2O2/c18-9-10-22-14-5-3-13(4-6-14)17(21)8-2-12-1-7-15(19)16(20)11-12/h1-8,11H,9-10H2/b8-2+. The molecule has 0 aliphatic heterocycles. The van der Waals surface area contributed by atoms with Crippen molar-refractivity contribution in [1.82, 2.24) is 0 Å². The Kier molecular flexibility index (Phi) is 6.49. The van der Waals surface area contributed by atoms with Gasteiger partial charge in [0.15, 0.2) is 5.78 Å². The van der Waals surface area contributed by atoms with Crippen LogP contribution in [0.15, 0.2) is 48.5 Å². The third-order valence-corrected chi connectivity index (χ3v) is 3.92. The molecule has 0 amide bonds. The van der Waals surface area contributed by atoms with Crippen LogP contribution in [-0.2, 0) is 0 Å². The molecule has 0 spiro atoms. The minimum absolute atomic E-state index is 0.0851. The van der Waals surface area contributed by atoms with E-state index in [0.29, 0.717) is 22.2 Å². The molecule has 2 aromatic rings. The second-order valence-electron chi connectivity index (χ2n) is 4.43. The maximum Gasteiger partial charge on any atom is 0.185 e. The van der Waals surface area contributed by atoms with E-state index in [4.69, 9.17) is 27.9 Å². The minimum atomic E-state index is -0.0851.